The van der Waals surface area contributed by atoms with Gasteiger partial charge in [0.05, 0.1) is 13.5 Å². The van der Waals surface area contributed by atoms with Crippen molar-refractivity contribution in [2.75, 3.05) is 0 Å². The predicted molar refractivity (Wildman–Crippen MR) is 106 cm³/mol. The van der Waals surface area contributed by atoms with E-state index >= 15 is 0 Å². The van der Waals surface area contributed by atoms with Gasteiger partial charge in [-0.25, -0.2) is 0 Å². The average molecular weight is 323 g/mol. The smallest absolute Gasteiger partial charge is 0.0810 e. The normalized spacial score (nSPS) is 16.5. The highest BCUT2D eigenvalue weighted by Gasteiger charge is 2.28. The van der Waals surface area contributed by atoms with Crippen LogP contribution in [0.3, 0.4) is 0 Å². The molecule has 0 bridgehead atoms. The second-order valence-corrected chi connectivity index (χ2v) is 7.09. The Balaban J connectivity index is 1.70. The van der Waals surface area contributed by atoms with Crippen LogP contribution in [0.15, 0.2) is 72.9 Å². The summed E-state index contributed by atoms with van der Waals surface area (Å²) >= 11 is 0. The Morgan fingerprint density at radius 3 is 2.24 bits per heavy atom. The summed E-state index contributed by atoms with van der Waals surface area (Å²) in [6, 6.07) is 23.3. The van der Waals surface area contributed by atoms with E-state index in [2.05, 4.69) is 65.6 Å². The monoisotopic (exact) mass is 323 g/mol. The first-order valence-electron chi connectivity index (χ1n) is 9.16. The molecule has 4 rings (SSSR count). The molecule has 0 saturated heterocycles. The van der Waals surface area contributed by atoms with Gasteiger partial charge in [-0.1, -0.05) is 80.6 Å². The minimum Gasteiger partial charge on any atom is -0.256 e. The number of nitrogens with zero attached hydrogens (tertiary/aromatic N) is 1. The van der Waals surface area contributed by atoms with Crippen LogP contribution in [0.25, 0.3) is 22.4 Å². The summed E-state index contributed by atoms with van der Waals surface area (Å²) in [4.78, 5) is 4.61. The highest BCUT2D eigenvalue weighted by atomic mass is 14.7. The lowest BCUT2D eigenvalue weighted by atomic mass is 9.57. The molecular weight excluding hydrogens is 301 g/mol. The molecular formula is C23H22BN. The number of hydrogen-bond acceptors (Lipinski definition) is 1. The molecule has 25 heavy (non-hydrogen) atoms. The zero-order chi connectivity index (χ0) is 17.1. The fourth-order valence-electron chi connectivity index (χ4n) is 3.86. The summed E-state index contributed by atoms with van der Waals surface area (Å²) in [5, 5.41) is -0.188. The van der Waals surface area contributed by atoms with E-state index in [4.69, 9.17) is 7.85 Å². The molecule has 1 fully saturated rings. The Bertz CT molecular complexity index is 851. The first-order valence-corrected chi connectivity index (χ1v) is 9.16. The largest absolute Gasteiger partial charge is 0.256 e. The Kier molecular flexibility index (Phi) is 4.44. The van der Waals surface area contributed by atoms with Crippen molar-refractivity contribution in [3.05, 3.63) is 78.5 Å². The lowest BCUT2D eigenvalue weighted by Gasteiger charge is -2.35. The topological polar surface area (TPSA) is 12.9 Å². The minimum atomic E-state index is -0.188. The second-order valence-electron chi connectivity index (χ2n) is 7.09. The van der Waals surface area contributed by atoms with Crippen LogP contribution in [-0.4, -0.2) is 12.8 Å². The summed E-state index contributed by atoms with van der Waals surface area (Å²) in [7, 11) is 6.72. The van der Waals surface area contributed by atoms with Crippen molar-refractivity contribution in [1.29, 1.82) is 0 Å². The molecule has 122 valence electrons. The van der Waals surface area contributed by atoms with Gasteiger partial charge in [0.25, 0.3) is 0 Å². The van der Waals surface area contributed by atoms with Gasteiger partial charge in [0.1, 0.15) is 0 Å². The molecule has 2 aromatic carbocycles. The van der Waals surface area contributed by atoms with Crippen molar-refractivity contribution in [1.82, 2.24) is 4.98 Å². The number of rotatable bonds is 3. The third kappa shape index (κ3) is 3.39. The van der Waals surface area contributed by atoms with Crippen LogP contribution in [0.4, 0.5) is 0 Å². The van der Waals surface area contributed by atoms with Crippen LogP contribution >= 0.6 is 0 Å². The summed E-state index contributed by atoms with van der Waals surface area (Å²) in [5.41, 5.74) is 5.81. The second kappa shape index (κ2) is 6.88. The zero-order valence-electron chi connectivity index (χ0n) is 14.5. The lowest BCUT2D eigenvalue weighted by molar-refractivity contribution is 0.398. The Hall–Kier alpha value is -2.35. The van der Waals surface area contributed by atoms with Gasteiger partial charge in [0.15, 0.2) is 0 Å². The molecule has 3 aromatic rings. The highest BCUT2D eigenvalue weighted by molar-refractivity contribution is 6.16. The molecule has 2 heteroatoms. The van der Waals surface area contributed by atoms with E-state index in [0.29, 0.717) is 0 Å². The molecule has 1 aromatic heterocycles. The molecule has 0 amide bonds. The van der Waals surface area contributed by atoms with Crippen LogP contribution in [0, 0.1) is 0 Å². The van der Waals surface area contributed by atoms with E-state index in [0.717, 1.165) is 24.1 Å². The summed E-state index contributed by atoms with van der Waals surface area (Å²) in [5.74, 6) is 0. The third-order valence-electron chi connectivity index (χ3n) is 5.35. The van der Waals surface area contributed by atoms with E-state index < -0.39 is 0 Å². The standard InChI is InChI=1S/C23H22BN/c24-23(13-5-2-6-14-23)21-12-15-25-22(17-21)20-11-7-10-19(16-20)18-8-3-1-4-9-18/h1,3-4,7-12,15-17H,2,5-6,13-14H2. The molecule has 0 spiro atoms. The predicted octanol–water partition coefficient (Wildman–Crippen LogP) is 5.74. The molecule has 2 radical (unpaired) electrons. The van der Waals surface area contributed by atoms with Crippen molar-refractivity contribution < 1.29 is 0 Å². The average Bonchev–Trinajstić information content (AvgIpc) is 2.69. The molecule has 1 aliphatic rings. The van der Waals surface area contributed by atoms with Gasteiger partial charge in [-0.2, -0.15) is 0 Å². The zero-order valence-corrected chi connectivity index (χ0v) is 14.5. The van der Waals surface area contributed by atoms with Crippen LogP contribution in [0.2, 0.25) is 0 Å². The van der Waals surface area contributed by atoms with Crippen molar-refractivity contribution in [3.63, 3.8) is 0 Å². The van der Waals surface area contributed by atoms with E-state index in [1.807, 2.05) is 12.3 Å². The van der Waals surface area contributed by atoms with E-state index in [1.165, 1.54) is 36.0 Å². The third-order valence-corrected chi connectivity index (χ3v) is 5.35. The van der Waals surface area contributed by atoms with Gasteiger partial charge in [-0.3, -0.25) is 4.98 Å². The summed E-state index contributed by atoms with van der Waals surface area (Å²) in [6.45, 7) is 0. The SMILES string of the molecule is [B]C1(c2ccnc(-c3cccc(-c4ccccc4)c3)c2)CCCCC1. The van der Waals surface area contributed by atoms with Crippen molar-refractivity contribution in [3.8, 4) is 22.4 Å². The maximum atomic E-state index is 6.72. The number of aromatic nitrogens is 1. The van der Waals surface area contributed by atoms with E-state index in [1.54, 1.807) is 0 Å². The summed E-state index contributed by atoms with van der Waals surface area (Å²) < 4.78 is 0. The fraction of sp³-hybridized carbons (Fsp3) is 0.261. The molecule has 1 aliphatic carbocycles. The van der Waals surface area contributed by atoms with Crippen LogP contribution in [0.5, 0.6) is 0 Å². The van der Waals surface area contributed by atoms with E-state index in [9.17, 15) is 0 Å². The lowest BCUT2D eigenvalue weighted by Crippen LogP contribution is -2.29. The molecule has 0 atom stereocenters. The van der Waals surface area contributed by atoms with Crippen molar-refractivity contribution in [2.24, 2.45) is 0 Å². The van der Waals surface area contributed by atoms with Crippen LogP contribution in [-0.2, 0) is 5.31 Å². The van der Waals surface area contributed by atoms with Gasteiger partial charge in [-0.05, 0) is 40.2 Å². The maximum Gasteiger partial charge on any atom is 0.0810 e. The Morgan fingerprint density at radius 1 is 0.720 bits per heavy atom. The van der Waals surface area contributed by atoms with Gasteiger partial charge < -0.3 is 0 Å². The fourth-order valence-corrected chi connectivity index (χ4v) is 3.86. The molecule has 0 aliphatic heterocycles. The molecule has 0 N–H and O–H groups in total. The summed E-state index contributed by atoms with van der Waals surface area (Å²) in [6.07, 6.45) is 7.79. The minimum absolute atomic E-state index is 0.188. The molecule has 1 saturated carbocycles. The molecule has 1 nitrogen and oxygen atoms in total. The van der Waals surface area contributed by atoms with Crippen LogP contribution < -0.4 is 0 Å². The maximum absolute atomic E-state index is 6.72. The quantitative estimate of drug-likeness (QED) is 0.560. The van der Waals surface area contributed by atoms with Crippen molar-refractivity contribution in [2.45, 2.75) is 37.4 Å². The number of hydrogen-bond donors (Lipinski definition) is 0. The van der Waals surface area contributed by atoms with Gasteiger partial charge in [0, 0.05) is 11.8 Å². The number of benzene rings is 2. The molecule has 1 heterocycles. The Morgan fingerprint density at radius 2 is 1.44 bits per heavy atom. The van der Waals surface area contributed by atoms with Crippen molar-refractivity contribution >= 4 is 7.85 Å². The first kappa shape index (κ1) is 16.1. The van der Waals surface area contributed by atoms with Crippen LogP contribution in [0.1, 0.15) is 37.7 Å². The van der Waals surface area contributed by atoms with Gasteiger partial charge in [0.2, 0.25) is 0 Å². The van der Waals surface area contributed by atoms with E-state index in [-0.39, 0.29) is 5.31 Å². The highest BCUT2D eigenvalue weighted by Crippen LogP contribution is 2.37. The van der Waals surface area contributed by atoms with Gasteiger partial charge in [-0.15, -0.1) is 0 Å². The van der Waals surface area contributed by atoms with Gasteiger partial charge >= 0.3 is 0 Å². The first-order chi connectivity index (χ1) is 12.2. The molecule has 0 unspecified atom stereocenters. The number of pyridine rings is 1. The Labute approximate surface area is 151 Å².